The van der Waals surface area contributed by atoms with Crippen LogP contribution in [-0.2, 0) is 14.3 Å². The molecule has 0 bridgehead atoms. The lowest BCUT2D eigenvalue weighted by Crippen LogP contribution is -2.42. The normalized spacial score (nSPS) is 21.2. The number of aliphatic hydroxyl groups excluding tert-OH is 1. The summed E-state index contributed by atoms with van der Waals surface area (Å²) in [4.78, 5) is 30.1. The Labute approximate surface area is 203 Å². The third kappa shape index (κ3) is 5.05. The Morgan fingerprint density at radius 1 is 1.03 bits per heavy atom. The molecule has 1 atom stereocenters. The Kier molecular flexibility index (Phi) is 7.32. The van der Waals surface area contributed by atoms with E-state index in [4.69, 9.17) is 4.74 Å². The molecule has 4 rings (SSSR count). The zero-order valence-corrected chi connectivity index (χ0v) is 20.5. The minimum absolute atomic E-state index is 0.140. The molecule has 0 radical (unpaired) electrons. The molecule has 2 aromatic rings. The molecular weight excluding hydrogens is 484 g/mol. The van der Waals surface area contributed by atoms with Gasteiger partial charge in [-0.1, -0.05) is 66.2 Å². The Bertz CT molecular complexity index is 1040. The maximum atomic E-state index is 13.2. The summed E-state index contributed by atoms with van der Waals surface area (Å²) in [6.45, 7) is 8.24. The molecule has 2 aliphatic rings. The van der Waals surface area contributed by atoms with Crippen molar-refractivity contribution in [3.8, 4) is 0 Å². The second-order valence-corrected chi connectivity index (χ2v) is 9.69. The van der Waals surface area contributed by atoms with Crippen molar-refractivity contribution in [2.45, 2.75) is 25.8 Å². The molecule has 2 aromatic carbocycles. The molecule has 2 aliphatic heterocycles. The number of carbonyl (C=O) groups excluding carboxylic acids is 2. The fourth-order valence-corrected chi connectivity index (χ4v) is 4.62. The number of hydrogen-bond acceptors (Lipinski definition) is 5. The number of hydrogen-bond donors (Lipinski definition) is 1. The van der Waals surface area contributed by atoms with E-state index in [-0.39, 0.29) is 11.3 Å². The van der Waals surface area contributed by atoms with Gasteiger partial charge in [-0.2, -0.15) is 0 Å². The number of halogens is 1. The zero-order valence-electron chi connectivity index (χ0n) is 19.0. The lowest BCUT2D eigenvalue weighted by atomic mass is 9.93. The van der Waals surface area contributed by atoms with E-state index in [0.29, 0.717) is 37.8 Å². The molecule has 33 heavy (non-hydrogen) atoms. The van der Waals surface area contributed by atoms with Gasteiger partial charge in [-0.05, 0) is 29.2 Å². The van der Waals surface area contributed by atoms with Crippen LogP contribution in [0.3, 0.4) is 0 Å². The lowest BCUT2D eigenvalue weighted by molar-refractivity contribution is -0.140. The summed E-state index contributed by atoms with van der Waals surface area (Å²) >= 11 is 3.39. The third-order valence-corrected chi connectivity index (χ3v) is 6.87. The van der Waals surface area contributed by atoms with E-state index in [1.165, 1.54) is 5.56 Å². The summed E-state index contributed by atoms with van der Waals surface area (Å²) in [5.41, 5.74) is 2.64. The first kappa shape index (κ1) is 23.7. The van der Waals surface area contributed by atoms with E-state index in [1.807, 2.05) is 24.3 Å². The van der Waals surface area contributed by atoms with E-state index < -0.39 is 17.7 Å². The minimum atomic E-state index is -0.643. The number of carbonyl (C=O) groups is 2. The number of ether oxygens (including phenoxy) is 1. The largest absolute Gasteiger partial charge is 0.507 e. The van der Waals surface area contributed by atoms with Crippen molar-refractivity contribution in [2.75, 3.05) is 39.4 Å². The van der Waals surface area contributed by atoms with Crippen LogP contribution in [-0.4, -0.2) is 66.0 Å². The first-order valence-corrected chi connectivity index (χ1v) is 12.1. The van der Waals surface area contributed by atoms with Gasteiger partial charge in [0, 0.05) is 36.2 Å². The number of morpholine rings is 1. The van der Waals surface area contributed by atoms with Gasteiger partial charge in [-0.3, -0.25) is 14.5 Å². The van der Waals surface area contributed by atoms with Crippen molar-refractivity contribution < 1.29 is 19.4 Å². The summed E-state index contributed by atoms with van der Waals surface area (Å²) in [5.74, 6) is -0.989. The molecule has 0 aliphatic carbocycles. The van der Waals surface area contributed by atoms with Gasteiger partial charge in [0.25, 0.3) is 11.7 Å². The van der Waals surface area contributed by atoms with Crippen LogP contribution in [0.15, 0.2) is 58.6 Å². The van der Waals surface area contributed by atoms with Gasteiger partial charge < -0.3 is 14.7 Å². The molecule has 2 fully saturated rings. The highest BCUT2D eigenvalue weighted by Gasteiger charge is 2.46. The predicted octanol–water partition coefficient (Wildman–Crippen LogP) is 4.33. The fourth-order valence-electron chi connectivity index (χ4n) is 4.36. The van der Waals surface area contributed by atoms with E-state index in [9.17, 15) is 14.7 Å². The fraction of sp³-hybridized carbons (Fsp3) is 0.385. The summed E-state index contributed by atoms with van der Waals surface area (Å²) in [6, 6.07) is 14.4. The Morgan fingerprint density at radius 2 is 1.67 bits per heavy atom. The van der Waals surface area contributed by atoms with Crippen LogP contribution < -0.4 is 0 Å². The quantitative estimate of drug-likeness (QED) is 0.354. The summed E-state index contributed by atoms with van der Waals surface area (Å²) in [7, 11) is 0. The van der Waals surface area contributed by atoms with Crippen molar-refractivity contribution in [2.24, 2.45) is 0 Å². The molecule has 0 unspecified atom stereocenters. The standard InChI is InChI=1S/C26H29BrN2O4/c1-17(2)18-3-5-19(6-4-18)23-22(24(30)20-7-9-21(27)10-8-20)25(31)26(32)29(23)12-11-28-13-15-33-16-14-28/h3-10,17,23,30H,11-16H2,1-2H3/t23-/m0/s1. The minimum Gasteiger partial charge on any atom is -0.507 e. The van der Waals surface area contributed by atoms with Crippen LogP contribution in [0.4, 0.5) is 0 Å². The molecule has 174 valence electrons. The zero-order chi connectivity index (χ0) is 23.5. The Morgan fingerprint density at radius 3 is 2.27 bits per heavy atom. The topological polar surface area (TPSA) is 70.1 Å². The first-order chi connectivity index (χ1) is 15.9. The number of Topliss-reactive ketones (excluding diaryl/α,β-unsaturated/α-hetero) is 1. The van der Waals surface area contributed by atoms with Gasteiger partial charge in [-0.25, -0.2) is 0 Å². The van der Waals surface area contributed by atoms with Gasteiger partial charge >= 0.3 is 0 Å². The highest BCUT2D eigenvalue weighted by atomic mass is 79.9. The molecule has 2 saturated heterocycles. The van der Waals surface area contributed by atoms with Crippen molar-refractivity contribution in [1.29, 1.82) is 0 Å². The number of nitrogens with zero attached hydrogens (tertiary/aromatic N) is 2. The third-order valence-electron chi connectivity index (χ3n) is 6.34. The molecule has 0 saturated carbocycles. The highest BCUT2D eigenvalue weighted by Crippen LogP contribution is 2.39. The van der Waals surface area contributed by atoms with Crippen LogP contribution in [0.1, 0.15) is 42.5 Å². The summed E-state index contributed by atoms with van der Waals surface area (Å²) in [6.07, 6.45) is 0. The van der Waals surface area contributed by atoms with Crippen molar-refractivity contribution >= 4 is 33.4 Å². The number of amides is 1. The van der Waals surface area contributed by atoms with Gasteiger partial charge in [-0.15, -0.1) is 0 Å². The monoisotopic (exact) mass is 512 g/mol. The van der Waals surface area contributed by atoms with Gasteiger partial charge in [0.1, 0.15) is 5.76 Å². The second kappa shape index (κ2) is 10.2. The number of rotatable bonds is 6. The van der Waals surface area contributed by atoms with Crippen molar-refractivity contribution in [1.82, 2.24) is 9.80 Å². The van der Waals surface area contributed by atoms with E-state index in [1.54, 1.807) is 29.2 Å². The highest BCUT2D eigenvalue weighted by molar-refractivity contribution is 9.10. The molecule has 7 heteroatoms. The molecule has 0 aromatic heterocycles. The Hall–Kier alpha value is -2.48. The van der Waals surface area contributed by atoms with Crippen molar-refractivity contribution in [3.63, 3.8) is 0 Å². The number of aliphatic hydroxyl groups is 1. The predicted molar refractivity (Wildman–Crippen MR) is 131 cm³/mol. The SMILES string of the molecule is CC(C)c1ccc([C@H]2C(=C(O)c3ccc(Br)cc3)C(=O)C(=O)N2CCN2CCOCC2)cc1. The van der Waals surface area contributed by atoms with Crippen LogP contribution in [0, 0.1) is 0 Å². The van der Waals surface area contributed by atoms with Gasteiger partial charge in [0.15, 0.2) is 0 Å². The molecular formula is C26H29BrN2O4. The molecule has 0 spiro atoms. The average molecular weight is 513 g/mol. The average Bonchev–Trinajstić information content (AvgIpc) is 3.08. The smallest absolute Gasteiger partial charge is 0.295 e. The molecule has 1 N–H and O–H groups in total. The first-order valence-electron chi connectivity index (χ1n) is 11.3. The summed E-state index contributed by atoms with van der Waals surface area (Å²) < 4.78 is 6.28. The van der Waals surface area contributed by atoms with Crippen LogP contribution in [0.5, 0.6) is 0 Å². The van der Waals surface area contributed by atoms with Crippen LogP contribution in [0.2, 0.25) is 0 Å². The van der Waals surface area contributed by atoms with Crippen LogP contribution in [0.25, 0.3) is 5.76 Å². The molecule has 2 heterocycles. The van der Waals surface area contributed by atoms with Crippen LogP contribution >= 0.6 is 15.9 Å². The summed E-state index contributed by atoms with van der Waals surface area (Å²) in [5, 5.41) is 11.1. The number of benzene rings is 2. The maximum absolute atomic E-state index is 13.2. The Balaban J connectivity index is 1.73. The lowest BCUT2D eigenvalue weighted by Gasteiger charge is -2.31. The van der Waals surface area contributed by atoms with Crippen molar-refractivity contribution in [3.05, 3.63) is 75.3 Å². The second-order valence-electron chi connectivity index (χ2n) is 8.77. The van der Waals surface area contributed by atoms with E-state index >= 15 is 0 Å². The number of ketones is 1. The van der Waals surface area contributed by atoms with E-state index in [0.717, 1.165) is 23.1 Å². The molecule has 1 amide bonds. The van der Waals surface area contributed by atoms with E-state index in [2.05, 4.69) is 34.7 Å². The molecule has 6 nitrogen and oxygen atoms in total. The maximum Gasteiger partial charge on any atom is 0.295 e. The van der Waals surface area contributed by atoms with Gasteiger partial charge in [0.2, 0.25) is 0 Å². The number of likely N-dealkylation sites (tertiary alicyclic amines) is 1. The van der Waals surface area contributed by atoms with Gasteiger partial charge in [0.05, 0.1) is 24.8 Å².